The highest BCUT2D eigenvalue weighted by Crippen LogP contribution is 2.39. The van der Waals surface area contributed by atoms with Crippen molar-refractivity contribution in [3.63, 3.8) is 0 Å². The first-order valence-corrected chi connectivity index (χ1v) is 9.59. The topological polar surface area (TPSA) is 26.3 Å². The summed E-state index contributed by atoms with van der Waals surface area (Å²) >= 11 is 0. The molecule has 0 aromatic carbocycles. The van der Waals surface area contributed by atoms with Crippen molar-refractivity contribution >= 4 is 5.97 Å². The van der Waals surface area contributed by atoms with Crippen molar-refractivity contribution in [3.8, 4) is 0 Å². The highest BCUT2D eigenvalue weighted by molar-refractivity contribution is 5.73. The molecule has 3 unspecified atom stereocenters. The monoisotopic (exact) mass is 308 g/mol. The van der Waals surface area contributed by atoms with Crippen LogP contribution in [0.2, 0.25) is 0 Å². The van der Waals surface area contributed by atoms with Crippen LogP contribution in [0.4, 0.5) is 0 Å². The summed E-state index contributed by atoms with van der Waals surface area (Å²) in [5.41, 5.74) is 0. The van der Waals surface area contributed by atoms with Crippen molar-refractivity contribution < 1.29 is 9.53 Å². The van der Waals surface area contributed by atoms with Gasteiger partial charge in [0.25, 0.3) is 0 Å². The van der Waals surface area contributed by atoms with Gasteiger partial charge in [0.1, 0.15) is 6.10 Å². The van der Waals surface area contributed by atoms with E-state index in [-0.39, 0.29) is 18.0 Å². The van der Waals surface area contributed by atoms with Gasteiger partial charge in [-0.15, -0.1) is 0 Å². The van der Waals surface area contributed by atoms with Gasteiger partial charge in [-0.25, -0.2) is 0 Å². The van der Waals surface area contributed by atoms with Gasteiger partial charge < -0.3 is 4.74 Å². The lowest BCUT2D eigenvalue weighted by molar-refractivity contribution is -0.161. The minimum absolute atomic E-state index is 0.109. The lowest BCUT2D eigenvalue weighted by Gasteiger charge is -2.37. The normalized spacial score (nSPS) is 36.6. The molecule has 0 saturated heterocycles. The molecule has 3 atom stereocenters. The summed E-state index contributed by atoms with van der Waals surface area (Å²) in [6.07, 6.45) is 8.28. The zero-order chi connectivity index (χ0) is 16.3. The molecule has 2 nitrogen and oxygen atoms in total. The predicted molar refractivity (Wildman–Crippen MR) is 91.5 cm³/mol. The van der Waals surface area contributed by atoms with Crippen molar-refractivity contribution in [3.05, 3.63) is 0 Å². The molecule has 2 aliphatic rings. The van der Waals surface area contributed by atoms with Crippen molar-refractivity contribution in [2.75, 3.05) is 0 Å². The summed E-state index contributed by atoms with van der Waals surface area (Å²) in [7, 11) is 0. The van der Waals surface area contributed by atoms with Crippen molar-refractivity contribution in [1.29, 1.82) is 0 Å². The van der Waals surface area contributed by atoms with E-state index < -0.39 is 0 Å². The molecule has 2 heteroatoms. The third-order valence-electron chi connectivity index (χ3n) is 6.27. The molecule has 0 N–H and O–H groups in total. The maximum atomic E-state index is 12.7. The van der Waals surface area contributed by atoms with Gasteiger partial charge in [-0.05, 0) is 68.1 Å². The molecule has 0 aliphatic heterocycles. The minimum atomic E-state index is 0.109. The number of carbonyl (C=O) groups excluding carboxylic acids is 1. The molecule has 2 saturated carbocycles. The Labute approximate surface area is 137 Å². The molecule has 0 aromatic rings. The minimum Gasteiger partial charge on any atom is -0.462 e. The SMILES string of the molecule is CC1CCC(C(C)C)C(C(=O)OC2CCC(C(C)C)CC2)C1. The van der Waals surface area contributed by atoms with E-state index >= 15 is 0 Å². The van der Waals surface area contributed by atoms with E-state index in [4.69, 9.17) is 4.74 Å². The number of carbonyl (C=O) groups is 1. The lowest BCUT2D eigenvalue weighted by Crippen LogP contribution is -2.37. The predicted octanol–water partition coefficient (Wildman–Crippen LogP) is 5.45. The second-order valence-electron chi connectivity index (χ2n) is 8.65. The largest absolute Gasteiger partial charge is 0.462 e. The van der Waals surface area contributed by atoms with Gasteiger partial charge in [-0.3, -0.25) is 4.79 Å². The zero-order valence-corrected chi connectivity index (χ0v) is 15.3. The molecule has 0 aromatic heterocycles. The van der Waals surface area contributed by atoms with Crippen LogP contribution in [0.1, 0.15) is 79.6 Å². The molecule has 0 bridgehead atoms. The van der Waals surface area contributed by atoms with E-state index in [0.717, 1.165) is 31.1 Å². The van der Waals surface area contributed by atoms with E-state index in [1.165, 1.54) is 25.7 Å². The molecule has 22 heavy (non-hydrogen) atoms. The fourth-order valence-corrected chi connectivity index (χ4v) is 4.60. The fourth-order valence-electron chi connectivity index (χ4n) is 4.60. The molecular formula is C20H36O2. The number of ether oxygens (including phenoxy) is 1. The van der Waals surface area contributed by atoms with Crippen molar-refractivity contribution in [2.24, 2.45) is 35.5 Å². The van der Waals surface area contributed by atoms with Gasteiger partial charge in [-0.2, -0.15) is 0 Å². The van der Waals surface area contributed by atoms with Crippen LogP contribution < -0.4 is 0 Å². The van der Waals surface area contributed by atoms with Gasteiger partial charge in [0.05, 0.1) is 5.92 Å². The van der Waals surface area contributed by atoms with E-state index in [1.54, 1.807) is 0 Å². The molecule has 0 heterocycles. The summed E-state index contributed by atoms with van der Waals surface area (Å²) in [6, 6.07) is 0. The Morgan fingerprint density at radius 2 is 1.55 bits per heavy atom. The van der Waals surface area contributed by atoms with Crippen LogP contribution in [0.25, 0.3) is 0 Å². The average Bonchev–Trinajstić information content (AvgIpc) is 2.47. The first-order valence-electron chi connectivity index (χ1n) is 9.59. The summed E-state index contributed by atoms with van der Waals surface area (Å²) in [6.45, 7) is 11.4. The summed E-state index contributed by atoms with van der Waals surface area (Å²) < 4.78 is 5.95. The average molecular weight is 309 g/mol. The van der Waals surface area contributed by atoms with Gasteiger partial charge in [0.15, 0.2) is 0 Å². The molecule has 2 aliphatic carbocycles. The number of esters is 1. The van der Waals surface area contributed by atoms with Crippen molar-refractivity contribution in [2.45, 2.75) is 85.7 Å². The van der Waals surface area contributed by atoms with Crippen LogP contribution in [0.5, 0.6) is 0 Å². The molecule has 2 rings (SSSR count). The first-order chi connectivity index (χ1) is 10.4. The third-order valence-corrected chi connectivity index (χ3v) is 6.27. The molecule has 0 amide bonds. The maximum absolute atomic E-state index is 12.7. The van der Waals surface area contributed by atoms with Gasteiger partial charge in [0.2, 0.25) is 0 Å². The van der Waals surface area contributed by atoms with E-state index in [9.17, 15) is 4.79 Å². The Bertz CT molecular complexity index is 353. The number of hydrogen-bond donors (Lipinski definition) is 0. The van der Waals surface area contributed by atoms with Crippen LogP contribution in [-0.4, -0.2) is 12.1 Å². The van der Waals surface area contributed by atoms with Crippen molar-refractivity contribution in [1.82, 2.24) is 0 Å². The fraction of sp³-hybridized carbons (Fsp3) is 0.950. The molecule has 2 fully saturated rings. The Hall–Kier alpha value is -0.530. The smallest absolute Gasteiger partial charge is 0.309 e. The van der Waals surface area contributed by atoms with Crippen LogP contribution in [0, 0.1) is 35.5 Å². The molecule has 0 spiro atoms. The van der Waals surface area contributed by atoms with Crippen LogP contribution >= 0.6 is 0 Å². The van der Waals surface area contributed by atoms with E-state index in [0.29, 0.717) is 17.8 Å². The molecule has 0 radical (unpaired) electrons. The standard InChI is InChI=1S/C20H36O2/c1-13(2)16-7-9-17(10-8-16)22-20(21)19-12-15(5)6-11-18(19)14(3)4/h13-19H,6-12H2,1-5H3. The van der Waals surface area contributed by atoms with Crippen LogP contribution in [0.3, 0.4) is 0 Å². The van der Waals surface area contributed by atoms with Crippen LogP contribution in [-0.2, 0) is 9.53 Å². The Balaban J connectivity index is 1.88. The molecule has 128 valence electrons. The lowest BCUT2D eigenvalue weighted by atomic mass is 9.70. The second kappa shape index (κ2) is 7.84. The first kappa shape index (κ1) is 17.8. The summed E-state index contributed by atoms with van der Waals surface area (Å²) in [4.78, 5) is 12.7. The van der Waals surface area contributed by atoms with Crippen LogP contribution in [0.15, 0.2) is 0 Å². The van der Waals surface area contributed by atoms with E-state index in [1.807, 2.05) is 0 Å². The summed E-state index contributed by atoms with van der Waals surface area (Å²) in [5.74, 6) is 3.63. The molecular weight excluding hydrogens is 272 g/mol. The second-order valence-corrected chi connectivity index (χ2v) is 8.65. The van der Waals surface area contributed by atoms with Gasteiger partial charge in [0, 0.05) is 0 Å². The Kier molecular flexibility index (Phi) is 6.35. The van der Waals surface area contributed by atoms with E-state index in [2.05, 4.69) is 34.6 Å². The highest BCUT2D eigenvalue weighted by atomic mass is 16.5. The Morgan fingerprint density at radius 3 is 2.09 bits per heavy atom. The summed E-state index contributed by atoms with van der Waals surface area (Å²) in [5, 5.41) is 0. The number of rotatable bonds is 4. The highest BCUT2D eigenvalue weighted by Gasteiger charge is 2.37. The quantitative estimate of drug-likeness (QED) is 0.645. The van der Waals surface area contributed by atoms with Gasteiger partial charge >= 0.3 is 5.97 Å². The third kappa shape index (κ3) is 4.49. The zero-order valence-electron chi connectivity index (χ0n) is 15.3. The number of hydrogen-bond acceptors (Lipinski definition) is 2. The van der Waals surface area contributed by atoms with Gasteiger partial charge in [-0.1, -0.05) is 41.0 Å². The maximum Gasteiger partial charge on any atom is 0.309 e. The Morgan fingerprint density at radius 1 is 0.909 bits per heavy atom.